The van der Waals surface area contributed by atoms with E-state index in [1.165, 1.54) is 11.1 Å². The van der Waals surface area contributed by atoms with Crippen LogP contribution in [0.1, 0.15) is 42.5 Å². The summed E-state index contributed by atoms with van der Waals surface area (Å²) in [5, 5.41) is 4.12. The van der Waals surface area contributed by atoms with E-state index in [-0.39, 0.29) is 6.04 Å². The second kappa shape index (κ2) is 6.75. The third-order valence-corrected chi connectivity index (χ3v) is 4.33. The van der Waals surface area contributed by atoms with Crippen LogP contribution in [0, 0.1) is 0 Å². The number of benzene rings is 2. The molecule has 0 aliphatic carbocycles. The van der Waals surface area contributed by atoms with Gasteiger partial charge in [0.15, 0.2) is 0 Å². The fourth-order valence-corrected chi connectivity index (χ4v) is 2.92. The van der Waals surface area contributed by atoms with Crippen molar-refractivity contribution in [3.63, 3.8) is 0 Å². The molecular formula is C17H19BrClN. The summed E-state index contributed by atoms with van der Waals surface area (Å²) < 4.78 is 1.04. The van der Waals surface area contributed by atoms with Gasteiger partial charge in [-0.3, -0.25) is 0 Å². The Morgan fingerprint density at radius 1 is 1.00 bits per heavy atom. The SMILES string of the molecule is CNC(c1ccc(C(C)C)cc1)c1cc(Br)ccc1Cl. The average Bonchev–Trinajstić information content (AvgIpc) is 2.44. The zero-order chi connectivity index (χ0) is 14.7. The summed E-state index contributed by atoms with van der Waals surface area (Å²) in [6.07, 6.45) is 0. The van der Waals surface area contributed by atoms with Gasteiger partial charge in [-0.25, -0.2) is 0 Å². The molecule has 0 aliphatic rings. The molecular weight excluding hydrogens is 334 g/mol. The summed E-state index contributed by atoms with van der Waals surface area (Å²) >= 11 is 9.85. The molecule has 106 valence electrons. The summed E-state index contributed by atoms with van der Waals surface area (Å²) in [5.41, 5.74) is 3.65. The topological polar surface area (TPSA) is 12.0 Å². The van der Waals surface area contributed by atoms with Gasteiger partial charge >= 0.3 is 0 Å². The van der Waals surface area contributed by atoms with E-state index >= 15 is 0 Å². The van der Waals surface area contributed by atoms with Gasteiger partial charge in [0.05, 0.1) is 6.04 Å². The van der Waals surface area contributed by atoms with Crippen LogP contribution < -0.4 is 5.32 Å². The summed E-state index contributed by atoms with van der Waals surface area (Å²) in [4.78, 5) is 0. The second-order valence-corrected chi connectivity index (χ2v) is 6.53. The standard InChI is InChI=1S/C17H19BrClN/c1-11(2)12-4-6-13(7-5-12)17(20-3)15-10-14(18)8-9-16(15)19/h4-11,17,20H,1-3H3. The third-order valence-electron chi connectivity index (χ3n) is 3.49. The predicted octanol–water partition coefficient (Wildman–Crippen LogP) is 5.53. The molecule has 0 aliphatic heterocycles. The van der Waals surface area contributed by atoms with Crippen molar-refractivity contribution in [2.45, 2.75) is 25.8 Å². The van der Waals surface area contributed by atoms with Gasteiger partial charge in [-0.2, -0.15) is 0 Å². The summed E-state index contributed by atoms with van der Waals surface area (Å²) in [7, 11) is 1.96. The van der Waals surface area contributed by atoms with E-state index in [0.717, 1.165) is 15.1 Å². The molecule has 1 nitrogen and oxygen atoms in total. The highest BCUT2D eigenvalue weighted by Crippen LogP contribution is 2.31. The van der Waals surface area contributed by atoms with Crippen LogP contribution in [-0.2, 0) is 0 Å². The minimum absolute atomic E-state index is 0.0983. The molecule has 1 N–H and O–H groups in total. The molecule has 1 unspecified atom stereocenters. The van der Waals surface area contributed by atoms with Gasteiger partial charge in [0.1, 0.15) is 0 Å². The molecule has 20 heavy (non-hydrogen) atoms. The Kier molecular flexibility index (Phi) is 5.25. The molecule has 0 saturated carbocycles. The Labute approximate surface area is 134 Å². The minimum Gasteiger partial charge on any atom is -0.309 e. The average molecular weight is 353 g/mol. The lowest BCUT2D eigenvalue weighted by Gasteiger charge is -2.19. The maximum Gasteiger partial charge on any atom is 0.0589 e. The predicted molar refractivity (Wildman–Crippen MR) is 90.6 cm³/mol. The van der Waals surface area contributed by atoms with Crippen LogP contribution in [-0.4, -0.2) is 7.05 Å². The van der Waals surface area contributed by atoms with Crippen molar-refractivity contribution in [3.8, 4) is 0 Å². The summed E-state index contributed by atoms with van der Waals surface area (Å²) in [5.74, 6) is 0.548. The van der Waals surface area contributed by atoms with Crippen molar-refractivity contribution in [1.82, 2.24) is 5.32 Å². The molecule has 0 radical (unpaired) electrons. The van der Waals surface area contributed by atoms with Gasteiger partial charge in [-0.05, 0) is 47.9 Å². The second-order valence-electron chi connectivity index (χ2n) is 5.21. The molecule has 2 aromatic rings. The van der Waals surface area contributed by atoms with Gasteiger partial charge in [-0.1, -0.05) is 65.6 Å². The first-order chi connectivity index (χ1) is 9.52. The smallest absolute Gasteiger partial charge is 0.0589 e. The zero-order valence-corrected chi connectivity index (χ0v) is 14.3. The molecule has 0 fully saturated rings. The summed E-state index contributed by atoms with van der Waals surface area (Å²) in [6.45, 7) is 4.41. The van der Waals surface area contributed by atoms with Gasteiger partial charge in [-0.15, -0.1) is 0 Å². The number of nitrogens with one attached hydrogen (secondary N) is 1. The third kappa shape index (κ3) is 3.43. The lowest BCUT2D eigenvalue weighted by Crippen LogP contribution is -2.18. The maximum absolute atomic E-state index is 6.34. The van der Waals surface area contributed by atoms with Gasteiger partial charge in [0.25, 0.3) is 0 Å². The molecule has 0 aromatic heterocycles. The Bertz CT molecular complexity index is 578. The lowest BCUT2D eigenvalue weighted by atomic mass is 9.95. The highest BCUT2D eigenvalue weighted by molar-refractivity contribution is 9.10. The first kappa shape index (κ1) is 15.6. The van der Waals surface area contributed by atoms with E-state index in [2.05, 4.69) is 65.4 Å². The van der Waals surface area contributed by atoms with Crippen LogP contribution in [0.3, 0.4) is 0 Å². The van der Waals surface area contributed by atoms with Crippen LogP contribution >= 0.6 is 27.5 Å². The van der Waals surface area contributed by atoms with Gasteiger partial charge in [0, 0.05) is 9.50 Å². The molecule has 0 bridgehead atoms. The van der Waals surface area contributed by atoms with Crippen LogP contribution in [0.4, 0.5) is 0 Å². The van der Waals surface area contributed by atoms with Crippen molar-refractivity contribution in [3.05, 3.63) is 68.7 Å². The first-order valence-electron chi connectivity index (χ1n) is 6.75. The number of hydrogen-bond donors (Lipinski definition) is 1. The fraction of sp³-hybridized carbons (Fsp3) is 0.294. The van der Waals surface area contributed by atoms with E-state index in [9.17, 15) is 0 Å². The van der Waals surface area contributed by atoms with Crippen molar-refractivity contribution in [2.75, 3.05) is 7.05 Å². The Balaban J connectivity index is 2.39. The number of rotatable bonds is 4. The monoisotopic (exact) mass is 351 g/mol. The molecule has 0 amide bonds. The molecule has 2 aromatic carbocycles. The molecule has 0 spiro atoms. The molecule has 0 saturated heterocycles. The highest BCUT2D eigenvalue weighted by Gasteiger charge is 2.15. The minimum atomic E-state index is 0.0983. The molecule has 2 rings (SSSR count). The molecule has 0 heterocycles. The normalized spacial score (nSPS) is 12.7. The van der Waals surface area contributed by atoms with E-state index in [1.807, 2.05) is 19.2 Å². The van der Waals surface area contributed by atoms with E-state index in [0.29, 0.717) is 5.92 Å². The Morgan fingerprint density at radius 2 is 1.60 bits per heavy atom. The lowest BCUT2D eigenvalue weighted by molar-refractivity contribution is 0.690. The van der Waals surface area contributed by atoms with Crippen LogP contribution in [0.2, 0.25) is 5.02 Å². The van der Waals surface area contributed by atoms with Gasteiger partial charge < -0.3 is 5.32 Å². The number of halogens is 2. The van der Waals surface area contributed by atoms with Crippen molar-refractivity contribution in [1.29, 1.82) is 0 Å². The Hall–Kier alpha value is -0.830. The zero-order valence-electron chi connectivity index (χ0n) is 12.0. The maximum atomic E-state index is 6.34. The van der Waals surface area contributed by atoms with Crippen LogP contribution in [0.15, 0.2) is 46.9 Å². The first-order valence-corrected chi connectivity index (χ1v) is 7.92. The highest BCUT2D eigenvalue weighted by atomic mass is 79.9. The van der Waals surface area contributed by atoms with E-state index in [1.54, 1.807) is 0 Å². The largest absolute Gasteiger partial charge is 0.309 e. The Morgan fingerprint density at radius 3 is 2.15 bits per heavy atom. The van der Waals surface area contributed by atoms with Crippen molar-refractivity contribution >= 4 is 27.5 Å². The molecule has 1 atom stereocenters. The van der Waals surface area contributed by atoms with Crippen LogP contribution in [0.5, 0.6) is 0 Å². The van der Waals surface area contributed by atoms with E-state index in [4.69, 9.17) is 11.6 Å². The van der Waals surface area contributed by atoms with Gasteiger partial charge in [0.2, 0.25) is 0 Å². The fourth-order valence-electron chi connectivity index (χ4n) is 2.31. The van der Waals surface area contributed by atoms with Crippen molar-refractivity contribution in [2.24, 2.45) is 0 Å². The van der Waals surface area contributed by atoms with Crippen LogP contribution in [0.25, 0.3) is 0 Å². The van der Waals surface area contributed by atoms with E-state index < -0.39 is 0 Å². The van der Waals surface area contributed by atoms with Crippen molar-refractivity contribution < 1.29 is 0 Å². The quantitative estimate of drug-likeness (QED) is 0.762. The number of hydrogen-bond acceptors (Lipinski definition) is 1. The summed E-state index contributed by atoms with van der Waals surface area (Å²) in [6, 6.07) is 14.8. The molecule has 3 heteroatoms.